The van der Waals surface area contributed by atoms with Gasteiger partial charge in [-0.25, -0.2) is 8.42 Å². The van der Waals surface area contributed by atoms with E-state index in [0.717, 1.165) is 37.9 Å². The Balaban J connectivity index is 2.68. The molecule has 2 N–H and O–H groups in total. The van der Waals surface area contributed by atoms with E-state index < -0.39 is 10.0 Å². The maximum Gasteiger partial charge on any atom is 0.232 e. The number of hydrogen-bond donors (Lipinski definition) is 2. The third kappa shape index (κ3) is 7.05. The molecule has 0 aliphatic heterocycles. The van der Waals surface area contributed by atoms with Gasteiger partial charge in [0.25, 0.3) is 0 Å². The Hall–Kier alpha value is -0.940. The summed E-state index contributed by atoms with van der Waals surface area (Å²) in [7, 11) is -3.28. The Kier molecular flexibility index (Phi) is 7.89. The van der Waals surface area contributed by atoms with Crippen molar-refractivity contribution in [1.82, 2.24) is 0 Å². The molecule has 1 aromatic rings. The molecule has 120 valence electrons. The van der Waals surface area contributed by atoms with Crippen molar-refractivity contribution in [2.24, 2.45) is 0 Å². The Morgan fingerprint density at radius 2 is 1.81 bits per heavy atom. The molecule has 0 heterocycles. The van der Waals surface area contributed by atoms with Crippen molar-refractivity contribution in [1.29, 1.82) is 0 Å². The zero-order valence-corrected chi connectivity index (χ0v) is 14.4. The quantitative estimate of drug-likeness (QED) is 0.621. The zero-order valence-electron chi connectivity index (χ0n) is 12.8. The van der Waals surface area contributed by atoms with E-state index >= 15 is 0 Å². The van der Waals surface area contributed by atoms with E-state index in [1.165, 1.54) is 0 Å². The lowest BCUT2D eigenvalue weighted by molar-refractivity contribution is 0.598. The first-order valence-corrected chi connectivity index (χ1v) is 9.55. The van der Waals surface area contributed by atoms with Gasteiger partial charge in [-0.2, -0.15) is 0 Å². The van der Waals surface area contributed by atoms with Crippen LogP contribution in [0.4, 0.5) is 11.4 Å². The lowest BCUT2D eigenvalue weighted by atomic mass is 10.2. The Labute approximate surface area is 133 Å². The number of hydrogen-bond acceptors (Lipinski definition) is 3. The first-order valence-electron chi connectivity index (χ1n) is 7.52. The van der Waals surface area contributed by atoms with E-state index in [0.29, 0.717) is 17.1 Å². The maximum absolute atomic E-state index is 11.9. The van der Waals surface area contributed by atoms with Crippen LogP contribution in [-0.2, 0) is 10.0 Å². The number of benzene rings is 1. The number of anilines is 2. The second-order valence-electron chi connectivity index (χ2n) is 5.10. The third-order valence-electron chi connectivity index (χ3n) is 3.10. The normalized spacial score (nSPS) is 11.4. The minimum atomic E-state index is -3.28. The molecular formula is C15H25ClN2O2S. The van der Waals surface area contributed by atoms with Gasteiger partial charge in [-0.3, -0.25) is 4.72 Å². The molecule has 0 saturated heterocycles. The Bertz CT molecular complexity index is 532. The topological polar surface area (TPSA) is 58.2 Å². The molecule has 0 saturated carbocycles. The van der Waals surface area contributed by atoms with Crippen LogP contribution in [0.15, 0.2) is 18.2 Å². The molecule has 0 spiro atoms. The summed E-state index contributed by atoms with van der Waals surface area (Å²) in [6.45, 7) is 4.95. The van der Waals surface area contributed by atoms with Gasteiger partial charge in [-0.05, 0) is 31.0 Å². The van der Waals surface area contributed by atoms with E-state index in [1.807, 2.05) is 6.92 Å². The molecule has 0 aromatic heterocycles. The molecule has 1 rings (SSSR count). The first-order chi connectivity index (χ1) is 9.98. The van der Waals surface area contributed by atoms with Crippen LogP contribution >= 0.6 is 11.6 Å². The standard InChI is InChI=1S/C15H25ClN2O2S/c1-3-5-7-10-17-15-12-13(8-9-14(15)16)18-21(19,20)11-6-4-2/h8-9,12,17-18H,3-7,10-11H2,1-2H3. The Morgan fingerprint density at radius 3 is 2.48 bits per heavy atom. The summed E-state index contributed by atoms with van der Waals surface area (Å²) in [4.78, 5) is 0. The molecule has 0 atom stereocenters. The largest absolute Gasteiger partial charge is 0.384 e. The molecule has 21 heavy (non-hydrogen) atoms. The highest BCUT2D eigenvalue weighted by atomic mass is 35.5. The van der Waals surface area contributed by atoms with Crippen LogP contribution in [0.3, 0.4) is 0 Å². The SMILES string of the molecule is CCCCCNc1cc(NS(=O)(=O)CCCC)ccc1Cl. The fourth-order valence-electron chi connectivity index (χ4n) is 1.89. The average Bonchev–Trinajstić information content (AvgIpc) is 2.44. The summed E-state index contributed by atoms with van der Waals surface area (Å²) >= 11 is 6.12. The van der Waals surface area contributed by atoms with E-state index in [9.17, 15) is 8.42 Å². The van der Waals surface area contributed by atoms with Gasteiger partial charge in [-0.1, -0.05) is 44.7 Å². The van der Waals surface area contributed by atoms with E-state index in [1.54, 1.807) is 18.2 Å². The van der Waals surface area contributed by atoms with Crippen molar-refractivity contribution >= 4 is 33.0 Å². The smallest absolute Gasteiger partial charge is 0.232 e. The molecule has 0 amide bonds. The highest BCUT2D eigenvalue weighted by molar-refractivity contribution is 7.92. The van der Waals surface area contributed by atoms with Crippen LogP contribution in [0.1, 0.15) is 46.0 Å². The van der Waals surface area contributed by atoms with Crippen molar-refractivity contribution in [3.8, 4) is 0 Å². The van der Waals surface area contributed by atoms with Gasteiger partial charge in [0.05, 0.1) is 22.2 Å². The monoisotopic (exact) mass is 332 g/mol. The molecule has 6 heteroatoms. The molecule has 1 aromatic carbocycles. The maximum atomic E-state index is 11.9. The lowest BCUT2D eigenvalue weighted by Crippen LogP contribution is -2.16. The molecule has 0 radical (unpaired) electrons. The molecule has 0 aliphatic rings. The molecule has 0 bridgehead atoms. The van der Waals surface area contributed by atoms with Gasteiger partial charge in [-0.15, -0.1) is 0 Å². The van der Waals surface area contributed by atoms with Crippen LogP contribution in [-0.4, -0.2) is 20.7 Å². The fourth-order valence-corrected chi connectivity index (χ4v) is 3.33. The molecular weight excluding hydrogens is 308 g/mol. The highest BCUT2D eigenvalue weighted by Gasteiger charge is 2.10. The van der Waals surface area contributed by atoms with Crippen LogP contribution in [0.2, 0.25) is 5.02 Å². The summed E-state index contributed by atoms with van der Waals surface area (Å²) in [5.41, 5.74) is 1.32. The van der Waals surface area contributed by atoms with Gasteiger partial charge in [0.2, 0.25) is 10.0 Å². The Morgan fingerprint density at radius 1 is 1.10 bits per heavy atom. The third-order valence-corrected chi connectivity index (χ3v) is 4.80. The van der Waals surface area contributed by atoms with Gasteiger partial charge in [0, 0.05) is 6.54 Å². The summed E-state index contributed by atoms with van der Waals surface area (Å²) in [5, 5.41) is 3.85. The number of rotatable bonds is 10. The zero-order chi connectivity index (χ0) is 15.7. The van der Waals surface area contributed by atoms with Gasteiger partial charge < -0.3 is 5.32 Å². The molecule has 0 aliphatic carbocycles. The summed E-state index contributed by atoms with van der Waals surface area (Å²) in [6, 6.07) is 5.14. The van der Waals surface area contributed by atoms with Crippen molar-refractivity contribution in [2.75, 3.05) is 22.3 Å². The van der Waals surface area contributed by atoms with E-state index in [4.69, 9.17) is 11.6 Å². The van der Waals surface area contributed by atoms with Crippen molar-refractivity contribution < 1.29 is 8.42 Å². The average molecular weight is 333 g/mol. The second kappa shape index (κ2) is 9.15. The predicted octanol–water partition coefficient (Wildman–Crippen LogP) is 4.48. The van der Waals surface area contributed by atoms with Crippen LogP contribution in [0.5, 0.6) is 0 Å². The van der Waals surface area contributed by atoms with Gasteiger partial charge >= 0.3 is 0 Å². The molecule has 0 unspecified atom stereocenters. The molecule has 0 fully saturated rings. The van der Waals surface area contributed by atoms with Crippen molar-refractivity contribution in [3.05, 3.63) is 23.2 Å². The summed E-state index contributed by atoms with van der Waals surface area (Å²) in [5.74, 6) is 0.144. The minimum absolute atomic E-state index is 0.144. The first kappa shape index (κ1) is 18.1. The van der Waals surface area contributed by atoms with Crippen molar-refractivity contribution in [2.45, 2.75) is 46.0 Å². The second-order valence-corrected chi connectivity index (χ2v) is 7.35. The van der Waals surface area contributed by atoms with E-state index in [2.05, 4.69) is 17.0 Å². The van der Waals surface area contributed by atoms with Crippen molar-refractivity contribution in [3.63, 3.8) is 0 Å². The number of unbranched alkanes of at least 4 members (excludes halogenated alkanes) is 3. The van der Waals surface area contributed by atoms with Crippen LogP contribution < -0.4 is 10.0 Å². The number of halogens is 1. The van der Waals surface area contributed by atoms with Gasteiger partial charge in [0.1, 0.15) is 0 Å². The van der Waals surface area contributed by atoms with Crippen LogP contribution in [0, 0.1) is 0 Å². The number of sulfonamides is 1. The van der Waals surface area contributed by atoms with Crippen LogP contribution in [0.25, 0.3) is 0 Å². The predicted molar refractivity (Wildman–Crippen MR) is 91.8 cm³/mol. The lowest BCUT2D eigenvalue weighted by Gasteiger charge is -2.12. The summed E-state index contributed by atoms with van der Waals surface area (Å²) in [6.07, 6.45) is 4.90. The molecule has 4 nitrogen and oxygen atoms in total. The minimum Gasteiger partial charge on any atom is -0.384 e. The number of nitrogens with one attached hydrogen (secondary N) is 2. The highest BCUT2D eigenvalue weighted by Crippen LogP contribution is 2.26. The van der Waals surface area contributed by atoms with Gasteiger partial charge in [0.15, 0.2) is 0 Å². The summed E-state index contributed by atoms with van der Waals surface area (Å²) < 4.78 is 26.4. The fraction of sp³-hybridized carbons (Fsp3) is 0.600. The van der Waals surface area contributed by atoms with E-state index in [-0.39, 0.29) is 5.75 Å².